The Morgan fingerprint density at radius 3 is 2.47 bits per heavy atom. The molecular formula is C8H19Cl2N3O4. The average Bonchev–Trinajstić information content (AvgIpc) is 2.18. The van der Waals surface area contributed by atoms with Gasteiger partial charge in [0.2, 0.25) is 5.91 Å². The summed E-state index contributed by atoms with van der Waals surface area (Å²) >= 11 is 0. The molecule has 0 spiro atoms. The van der Waals surface area contributed by atoms with E-state index in [4.69, 9.17) is 21.3 Å². The molecule has 0 saturated carbocycles. The second kappa shape index (κ2) is 8.04. The van der Waals surface area contributed by atoms with E-state index in [1.54, 1.807) is 0 Å². The first-order chi connectivity index (χ1) is 6.93. The zero-order valence-electron chi connectivity index (χ0n) is 9.28. The second-order valence-corrected chi connectivity index (χ2v) is 3.70. The zero-order valence-corrected chi connectivity index (χ0v) is 10.9. The maximum Gasteiger partial charge on any atom is 0.237 e. The van der Waals surface area contributed by atoms with Gasteiger partial charge in [0.05, 0.1) is 30.8 Å². The lowest BCUT2D eigenvalue weighted by Gasteiger charge is -2.36. The van der Waals surface area contributed by atoms with E-state index in [1.165, 1.54) is 6.92 Å². The number of aliphatic hydroxyl groups excluding tert-OH is 2. The summed E-state index contributed by atoms with van der Waals surface area (Å²) in [4.78, 5) is 11.2. The van der Waals surface area contributed by atoms with E-state index in [2.05, 4.69) is 5.32 Å². The van der Waals surface area contributed by atoms with Crippen molar-refractivity contribution < 1.29 is 19.7 Å². The minimum atomic E-state index is -1.21. The predicted molar refractivity (Wildman–Crippen MR) is 66.0 cm³/mol. The van der Waals surface area contributed by atoms with Gasteiger partial charge in [-0.3, -0.25) is 4.79 Å². The number of rotatable bonds is 2. The van der Waals surface area contributed by atoms with Gasteiger partial charge in [-0.25, -0.2) is 0 Å². The number of hydrogen-bond donors (Lipinski definition) is 5. The van der Waals surface area contributed by atoms with Gasteiger partial charge >= 0.3 is 0 Å². The van der Waals surface area contributed by atoms with Gasteiger partial charge < -0.3 is 31.7 Å². The van der Waals surface area contributed by atoms with E-state index in [0.717, 1.165) is 0 Å². The van der Waals surface area contributed by atoms with Crippen molar-refractivity contribution in [2.45, 2.75) is 37.4 Å². The van der Waals surface area contributed by atoms with Crippen LogP contribution in [0.4, 0.5) is 0 Å². The molecule has 1 rings (SSSR count). The van der Waals surface area contributed by atoms with E-state index < -0.39 is 36.4 Å². The molecular weight excluding hydrogens is 273 g/mol. The molecule has 9 heteroatoms. The van der Waals surface area contributed by atoms with Crippen molar-refractivity contribution in [3.63, 3.8) is 0 Å². The Balaban J connectivity index is 0. The van der Waals surface area contributed by atoms with E-state index in [9.17, 15) is 9.90 Å². The number of aliphatic hydroxyl groups is 2. The molecule has 0 radical (unpaired) electrons. The Morgan fingerprint density at radius 1 is 1.47 bits per heavy atom. The van der Waals surface area contributed by atoms with Crippen molar-refractivity contribution >= 4 is 30.7 Å². The molecule has 0 bridgehead atoms. The van der Waals surface area contributed by atoms with Gasteiger partial charge in [0, 0.05) is 0 Å². The highest BCUT2D eigenvalue weighted by molar-refractivity contribution is 5.85. The SMILES string of the molecule is C[C@@H](N)C(=O)N[C@H]1CO[C@H](O)[C@H](N)[C@H]1O.Cl.Cl. The van der Waals surface area contributed by atoms with Crippen LogP contribution < -0.4 is 16.8 Å². The van der Waals surface area contributed by atoms with Crippen LogP contribution in [0.3, 0.4) is 0 Å². The third-order valence-electron chi connectivity index (χ3n) is 2.32. The van der Waals surface area contributed by atoms with Gasteiger partial charge in [0.25, 0.3) is 0 Å². The maximum atomic E-state index is 11.2. The van der Waals surface area contributed by atoms with Crippen molar-refractivity contribution in [2.75, 3.05) is 6.61 Å². The van der Waals surface area contributed by atoms with Gasteiger partial charge in [-0.2, -0.15) is 0 Å². The van der Waals surface area contributed by atoms with Crippen LogP contribution in [0.1, 0.15) is 6.92 Å². The van der Waals surface area contributed by atoms with E-state index in [-0.39, 0.29) is 31.4 Å². The average molecular weight is 292 g/mol. The summed E-state index contributed by atoms with van der Waals surface area (Å²) in [6.45, 7) is 1.54. The highest BCUT2D eigenvalue weighted by atomic mass is 35.5. The van der Waals surface area contributed by atoms with Gasteiger partial charge in [0.15, 0.2) is 6.29 Å². The molecule has 0 aromatic heterocycles. The Hall–Kier alpha value is -0.150. The molecule has 0 aromatic carbocycles. The molecule has 0 unspecified atom stereocenters. The van der Waals surface area contributed by atoms with Crippen LogP contribution in [-0.2, 0) is 9.53 Å². The van der Waals surface area contributed by atoms with Gasteiger partial charge in [-0.05, 0) is 6.92 Å². The number of nitrogens with two attached hydrogens (primary N) is 2. The number of nitrogens with one attached hydrogen (secondary N) is 1. The topological polar surface area (TPSA) is 131 Å². The molecule has 1 fully saturated rings. The summed E-state index contributed by atoms with van der Waals surface area (Å²) in [5.74, 6) is -0.397. The number of carbonyl (C=O) groups is 1. The molecule has 17 heavy (non-hydrogen) atoms. The summed E-state index contributed by atoms with van der Waals surface area (Å²) < 4.78 is 4.87. The lowest BCUT2D eigenvalue weighted by molar-refractivity contribution is -0.178. The highest BCUT2D eigenvalue weighted by Crippen LogP contribution is 2.11. The molecule has 7 nitrogen and oxygen atoms in total. The second-order valence-electron chi connectivity index (χ2n) is 3.70. The molecule has 104 valence electrons. The normalized spacial score (nSPS) is 33.9. The number of amides is 1. The van der Waals surface area contributed by atoms with Crippen LogP contribution in [0.25, 0.3) is 0 Å². The summed E-state index contributed by atoms with van der Waals surface area (Å²) in [5, 5.41) is 21.3. The molecule has 0 aromatic rings. The van der Waals surface area contributed by atoms with E-state index >= 15 is 0 Å². The zero-order chi connectivity index (χ0) is 11.6. The number of halogens is 2. The Bertz CT molecular complexity index is 245. The Morgan fingerprint density at radius 2 is 2.00 bits per heavy atom. The van der Waals surface area contributed by atoms with Crippen molar-refractivity contribution in [1.29, 1.82) is 0 Å². The molecule has 5 atom stereocenters. The van der Waals surface area contributed by atoms with Gasteiger partial charge in [-0.1, -0.05) is 0 Å². The maximum absolute atomic E-state index is 11.2. The Labute approximate surface area is 112 Å². The van der Waals surface area contributed by atoms with Crippen molar-refractivity contribution in [3.8, 4) is 0 Å². The van der Waals surface area contributed by atoms with Crippen molar-refractivity contribution in [1.82, 2.24) is 5.32 Å². The standard InChI is InChI=1S/C8H17N3O4.2ClH/c1-3(9)7(13)11-4-2-15-8(14)5(10)6(4)12;;/h3-6,8,12,14H,2,9-10H2,1H3,(H,11,13);2*1H/t3-,4+,5-,6+,8+;;/m1../s1. The summed E-state index contributed by atoms with van der Waals surface area (Å²) in [6.07, 6.45) is -2.25. The van der Waals surface area contributed by atoms with Crippen LogP contribution in [0, 0.1) is 0 Å². The largest absolute Gasteiger partial charge is 0.389 e. The fourth-order valence-electron chi connectivity index (χ4n) is 1.29. The fourth-order valence-corrected chi connectivity index (χ4v) is 1.29. The van der Waals surface area contributed by atoms with Crippen LogP contribution in [0.5, 0.6) is 0 Å². The number of ether oxygens (including phenoxy) is 1. The molecule has 1 saturated heterocycles. The molecule has 1 aliphatic rings. The smallest absolute Gasteiger partial charge is 0.237 e. The van der Waals surface area contributed by atoms with E-state index in [1.807, 2.05) is 0 Å². The summed E-state index contributed by atoms with van der Waals surface area (Å²) in [5.41, 5.74) is 10.8. The van der Waals surface area contributed by atoms with Crippen LogP contribution >= 0.6 is 24.8 Å². The molecule has 1 amide bonds. The van der Waals surface area contributed by atoms with E-state index in [0.29, 0.717) is 0 Å². The van der Waals surface area contributed by atoms with Crippen molar-refractivity contribution in [2.24, 2.45) is 11.5 Å². The first-order valence-corrected chi connectivity index (χ1v) is 4.72. The third kappa shape index (κ3) is 4.92. The fraction of sp³-hybridized carbons (Fsp3) is 0.875. The predicted octanol–water partition coefficient (Wildman–Crippen LogP) is -2.30. The highest BCUT2D eigenvalue weighted by Gasteiger charge is 2.37. The third-order valence-corrected chi connectivity index (χ3v) is 2.32. The molecule has 0 aliphatic carbocycles. The minimum absolute atomic E-state index is 0. The van der Waals surface area contributed by atoms with Crippen LogP contribution in [0.15, 0.2) is 0 Å². The summed E-state index contributed by atoms with van der Waals surface area (Å²) in [6, 6.07) is -2.24. The number of carbonyl (C=O) groups excluding carboxylic acids is 1. The minimum Gasteiger partial charge on any atom is -0.389 e. The number of hydrogen-bond acceptors (Lipinski definition) is 6. The lowest BCUT2D eigenvalue weighted by Crippen LogP contribution is -2.63. The first-order valence-electron chi connectivity index (χ1n) is 4.72. The van der Waals surface area contributed by atoms with Gasteiger partial charge in [0.1, 0.15) is 0 Å². The van der Waals surface area contributed by atoms with Crippen molar-refractivity contribution in [3.05, 3.63) is 0 Å². The van der Waals surface area contributed by atoms with Crippen LogP contribution in [0.2, 0.25) is 0 Å². The quantitative estimate of drug-likeness (QED) is 0.389. The Kier molecular flexibility index (Phi) is 9.08. The molecule has 1 heterocycles. The first kappa shape index (κ1) is 19.2. The lowest BCUT2D eigenvalue weighted by atomic mass is 10.0. The summed E-state index contributed by atoms with van der Waals surface area (Å²) in [7, 11) is 0. The monoisotopic (exact) mass is 291 g/mol. The molecule has 1 aliphatic heterocycles. The molecule has 7 N–H and O–H groups in total. The van der Waals surface area contributed by atoms with Crippen LogP contribution in [-0.4, -0.2) is 53.2 Å². The van der Waals surface area contributed by atoms with Gasteiger partial charge in [-0.15, -0.1) is 24.8 Å².